The van der Waals surface area contributed by atoms with Gasteiger partial charge in [0.1, 0.15) is 11.3 Å². The second-order valence-corrected chi connectivity index (χ2v) is 7.21. The summed E-state index contributed by atoms with van der Waals surface area (Å²) in [7, 11) is 1.58. The second kappa shape index (κ2) is 7.92. The van der Waals surface area contributed by atoms with Crippen molar-refractivity contribution in [3.8, 4) is 5.75 Å². The van der Waals surface area contributed by atoms with Crippen molar-refractivity contribution in [1.82, 2.24) is 0 Å². The fraction of sp³-hybridized carbons (Fsp3) is 0.143. The van der Waals surface area contributed by atoms with Crippen LogP contribution in [0.5, 0.6) is 5.75 Å². The predicted octanol–water partition coefficient (Wildman–Crippen LogP) is 3.66. The molecule has 0 radical (unpaired) electrons. The standard InChI is InChI=1S/C21H17N3O4S/c1-13(17-11-14-5-3-4-6-18(14)28-20(17)26)22-23-21-24(19(25)12-29-21)15-7-9-16(27-2)10-8-15/h3-11H,12H2,1-2H3/b22-13+,23-21+. The third-order valence-corrected chi connectivity index (χ3v) is 5.33. The van der Waals surface area contributed by atoms with Crippen LogP contribution in [0.25, 0.3) is 11.0 Å². The summed E-state index contributed by atoms with van der Waals surface area (Å²) in [6.07, 6.45) is 0. The largest absolute Gasteiger partial charge is 0.497 e. The van der Waals surface area contributed by atoms with Gasteiger partial charge in [0.2, 0.25) is 5.91 Å². The summed E-state index contributed by atoms with van der Waals surface area (Å²) < 4.78 is 10.5. The molecule has 0 unspecified atom stereocenters. The first kappa shape index (κ1) is 18.9. The van der Waals surface area contributed by atoms with Crippen molar-refractivity contribution in [2.24, 2.45) is 10.2 Å². The summed E-state index contributed by atoms with van der Waals surface area (Å²) in [5.41, 5.74) is 1.46. The van der Waals surface area contributed by atoms with E-state index in [-0.39, 0.29) is 11.7 Å². The highest BCUT2D eigenvalue weighted by Gasteiger charge is 2.30. The highest BCUT2D eigenvalue weighted by molar-refractivity contribution is 8.15. The van der Waals surface area contributed by atoms with Gasteiger partial charge in [0.15, 0.2) is 5.17 Å². The van der Waals surface area contributed by atoms with Crippen molar-refractivity contribution in [3.05, 3.63) is 70.6 Å². The molecule has 3 aromatic rings. The Balaban J connectivity index is 1.67. The van der Waals surface area contributed by atoms with Gasteiger partial charge in [-0.3, -0.25) is 9.69 Å². The number of amidine groups is 1. The normalized spacial score (nSPS) is 16.1. The fourth-order valence-electron chi connectivity index (χ4n) is 2.91. The first-order chi connectivity index (χ1) is 14.1. The van der Waals surface area contributed by atoms with Crippen LogP contribution in [0.3, 0.4) is 0 Å². The van der Waals surface area contributed by atoms with Crippen LogP contribution in [0.1, 0.15) is 12.5 Å². The van der Waals surface area contributed by atoms with Crippen LogP contribution in [0.15, 0.2) is 74.0 Å². The topological polar surface area (TPSA) is 84.5 Å². The smallest absolute Gasteiger partial charge is 0.345 e. The van der Waals surface area contributed by atoms with Crippen LogP contribution in [-0.2, 0) is 4.79 Å². The van der Waals surface area contributed by atoms with Crippen molar-refractivity contribution < 1.29 is 13.9 Å². The lowest BCUT2D eigenvalue weighted by molar-refractivity contribution is -0.115. The number of methoxy groups -OCH3 is 1. The molecule has 1 saturated heterocycles. The third-order valence-electron chi connectivity index (χ3n) is 4.41. The summed E-state index contributed by atoms with van der Waals surface area (Å²) in [5, 5.41) is 9.67. The molecule has 1 amide bonds. The molecule has 0 N–H and O–H groups in total. The van der Waals surface area contributed by atoms with E-state index in [2.05, 4.69) is 10.2 Å². The number of nitrogens with zero attached hydrogens (tertiary/aromatic N) is 3. The van der Waals surface area contributed by atoms with Crippen LogP contribution in [0.2, 0.25) is 0 Å². The molecule has 8 heteroatoms. The molecule has 1 aromatic heterocycles. The van der Waals surface area contributed by atoms with Crippen molar-refractivity contribution in [3.63, 3.8) is 0 Å². The van der Waals surface area contributed by atoms with Crippen LogP contribution in [-0.4, -0.2) is 29.6 Å². The number of benzene rings is 2. The fourth-order valence-corrected chi connectivity index (χ4v) is 3.72. The molecule has 1 aliphatic rings. The Morgan fingerprint density at radius 1 is 1.14 bits per heavy atom. The monoisotopic (exact) mass is 407 g/mol. The lowest BCUT2D eigenvalue weighted by Crippen LogP contribution is -2.29. The first-order valence-corrected chi connectivity index (χ1v) is 9.80. The number of hydrogen-bond acceptors (Lipinski definition) is 7. The summed E-state index contributed by atoms with van der Waals surface area (Å²) in [6, 6.07) is 16.1. The van der Waals surface area contributed by atoms with E-state index in [9.17, 15) is 9.59 Å². The molecule has 2 heterocycles. The average Bonchev–Trinajstić information content (AvgIpc) is 3.11. The Hall–Kier alpha value is -3.39. The van der Waals surface area contributed by atoms with Crippen molar-refractivity contribution in [2.75, 3.05) is 17.8 Å². The van der Waals surface area contributed by atoms with E-state index in [1.54, 1.807) is 56.5 Å². The Labute approximate surface area is 170 Å². The molecule has 0 saturated carbocycles. The van der Waals surface area contributed by atoms with Crippen molar-refractivity contribution in [1.29, 1.82) is 0 Å². The van der Waals surface area contributed by atoms with Gasteiger partial charge in [-0.15, -0.1) is 5.10 Å². The van der Waals surface area contributed by atoms with E-state index in [4.69, 9.17) is 9.15 Å². The Bertz CT molecular complexity index is 1200. The van der Waals surface area contributed by atoms with Crippen LogP contribution >= 0.6 is 11.8 Å². The van der Waals surface area contributed by atoms with Gasteiger partial charge in [0, 0.05) is 5.39 Å². The lowest BCUT2D eigenvalue weighted by Gasteiger charge is -2.15. The van der Waals surface area contributed by atoms with E-state index in [1.807, 2.05) is 12.1 Å². The van der Waals surface area contributed by atoms with Crippen LogP contribution < -0.4 is 15.3 Å². The minimum Gasteiger partial charge on any atom is -0.497 e. The maximum absolute atomic E-state index is 12.3. The Morgan fingerprint density at radius 2 is 1.90 bits per heavy atom. The van der Waals surface area contributed by atoms with Gasteiger partial charge in [0.25, 0.3) is 0 Å². The zero-order valence-electron chi connectivity index (χ0n) is 15.8. The lowest BCUT2D eigenvalue weighted by atomic mass is 10.1. The number of rotatable bonds is 4. The number of hydrogen-bond donors (Lipinski definition) is 0. The number of carbonyl (C=O) groups excluding carboxylic acids is 1. The first-order valence-electron chi connectivity index (χ1n) is 8.82. The van der Waals surface area contributed by atoms with Gasteiger partial charge < -0.3 is 9.15 Å². The number of fused-ring (bicyclic) bond motifs is 1. The summed E-state index contributed by atoms with van der Waals surface area (Å²) >= 11 is 1.29. The summed E-state index contributed by atoms with van der Waals surface area (Å²) in [6.45, 7) is 1.68. The summed E-state index contributed by atoms with van der Waals surface area (Å²) in [5.74, 6) is 0.887. The number of para-hydroxylation sites is 1. The van der Waals surface area contributed by atoms with E-state index >= 15 is 0 Å². The van der Waals surface area contributed by atoms with Crippen LogP contribution in [0.4, 0.5) is 5.69 Å². The van der Waals surface area contributed by atoms with Gasteiger partial charge in [-0.25, -0.2) is 4.79 Å². The van der Waals surface area contributed by atoms with Crippen LogP contribution in [0, 0.1) is 0 Å². The van der Waals surface area contributed by atoms with Gasteiger partial charge in [-0.2, -0.15) is 5.10 Å². The van der Waals surface area contributed by atoms with Crippen molar-refractivity contribution >= 4 is 45.2 Å². The maximum atomic E-state index is 12.3. The quantitative estimate of drug-likeness (QED) is 0.374. The second-order valence-electron chi connectivity index (χ2n) is 6.27. The zero-order chi connectivity index (χ0) is 20.4. The zero-order valence-corrected chi connectivity index (χ0v) is 16.6. The van der Waals surface area contributed by atoms with E-state index in [0.29, 0.717) is 33.5 Å². The Morgan fingerprint density at radius 3 is 2.66 bits per heavy atom. The molecule has 4 rings (SSSR count). The molecule has 0 aliphatic carbocycles. The molecule has 2 aromatic carbocycles. The summed E-state index contributed by atoms with van der Waals surface area (Å²) in [4.78, 5) is 26.1. The van der Waals surface area contributed by atoms with E-state index < -0.39 is 5.63 Å². The van der Waals surface area contributed by atoms with Crippen molar-refractivity contribution in [2.45, 2.75) is 6.92 Å². The number of amides is 1. The maximum Gasteiger partial charge on any atom is 0.345 e. The highest BCUT2D eigenvalue weighted by Crippen LogP contribution is 2.28. The molecular formula is C21H17N3O4S. The minimum absolute atomic E-state index is 0.0861. The predicted molar refractivity (Wildman–Crippen MR) is 115 cm³/mol. The van der Waals surface area contributed by atoms with E-state index in [0.717, 1.165) is 5.39 Å². The molecule has 1 fully saturated rings. The van der Waals surface area contributed by atoms with Gasteiger partial charge in [0.05, 0.1) is 29.8 Å². The molecule has 0 atom stereocenters. The minimum atomic E-state index is -0.479. The average molecular weight is 407 g/mol. The third kappa shape index (κ3) is 3.79. The number of ether oxygens (including phenoxy) is 1. The van der Waals surface area contributed by atoms with Gasteiger partial charge in [-0.05, 0) is 43.3 Å². The molecular weight excluding hydrogens is 390 g/mol. The van der Waals surface area contributed by atoms with Gasteiger partial charge in [-0.1, -0.05) is 30.0 Å². The molecule has 7 nitrogen and oxygen atoms in total. The molecule has 1 aliphatic heterocycles. The SMILES string of the molecule is COc1ccc(N2C(=O)CS/C2=N/N=C(\C)c2cc3ccccc3oc2=O)cc1. The Kier molecular flexibility index (Phi) is 5.18. The molecule has 146 valence electrons. The number of anilines is 1. The molecule has 0 spiro atoms. The number of thioether (sulfide) groups is 1. The molecule has 0 bridgehead atoms. The molecule has 29 heavy (non-hydrogen) atoms. The van der Waals surface area contributed by atoms with E-state index in [1.165, 1.54) is 16.7 Å². The highest BCUT2D eigenvalue weighted by atomic mass is 32.2. The number of carbonyl (C=O) groups is 1. The van der Waals surface area contributed by atoms with Gasteiger partial charge >= 0.3 is 5.63 Å².